The molecule has 0 aliphatic rings. The van der Waals surface area contributed by atoms with Crippen LogP contribution in [0.2, 0.25) is 5.02 Å². The molecule has 1 N–H and O–H groups in total. The van der Waals surface area contributed by atoms with E-state index in [0.717, 1.165) is 11.1 Å². The second-order valence-corrected chi connectivity index (χ2v) is 5.83. The minimum atomic E-state index is -0.218. The molecule has 3 aromatic rings. The zero-order valence-electron chi connectivity index (χ0n) is 13.4. The third kappa shape index (κ3) is 5.14. The molecule has 0 radical (unpaired) electrons. The van der Waals surface area contributed by atoms with Gasteiger partial charge in [-0.1, -0.05) is 41.9 Å². The summed E-state index contributed by atoms with van der Waals surface area (Å²) in [5.74, 6) is -0.218. The largest absolute Gasteiger partial charge is 0.367 e. The summed E-state index contributed by atoms with van der Waals surface area (Å²) in [5, 5.41) is 7.51. The molecule has 0 spiro atoms. The molecule has 3 rings (SSSR count). The number of nitrogens with one attached hydrogen (secondary N) is 1. The first-order valence-corrected chi connectivity index (χ1v) is 8.11. The Morgan fingerprint density at radius 3 is 2.88 bits per heavy atom. The third-order valence-electron chi connectivity index (χ3n) is 3.47. The summed E-state index contributed by atoms with van der Waals surface area (Å²) in [6.07, 6.45) is 3.13. The van der Waals surface area contributed by atoms with Gasteiger partial charge >= 0.3 is 0 Å². The molecule has 0 bridgehead atoms. The van der Waals surface area contributed by atoms with Crippen LogP contribution in [0.4, 0.5) is 5.69 Å². The lowest BCUT2D eigenvalue weighted by Gasteiger charge is -2.09. The van der Waals surface area contributed by atoms with Crippen molar-refractivity contribution in [2.45, 2.75) is 13.2 Å². The fraction of sp³-hybridized carbons (Fsp3) is 0.167. The molecule has 0 aliphatic carbocycles. The standard InChI is InChI=1S/C18H17ClN4O2/c19-17-7-2-1-5-15(17)10-25-11-18(24)22-16-6-3-4-14(8-16)9-23-13-20-12-21-23/h1-8,12-13H,9-11H2,(H,22,24). The summed E-state index contributed by atoms with van der Waals surface area (Å²) in [6.45, 7) is 0.838. The monoisotopic (exact) mass is 356 g/mol. The number of nitrogens with zero attached hydrogens (tertiary/aromatic N) is 3. The van der Waals surface area contributed by atoms with E-state index in [4.69, 9.17) is 16.3 Å². The number of carbonyl (C=O) groups excluding carboxylic acids is 1. The van der Waals surface area contributed by atoms with Crippen molar-refractivity contribution in [1.82, 2.24) is 14.8 Å². The molecule has 0 fully saturated rings. The van der Waals surface area contributed by atoms with Crippen molar-refractivity contribution in [2.24, 2.45) is 0 Å². The molecule has 0 saturated heterocycles. The Labute approximate surface area is 150 Å². The van der Waals surface area contributed by atoms with Crippen molar-refractivity contribution in [2.75, 3.05) is 11.9 Å². The van der Waals surface area contributed by atoms with Crippen molar-refractivity contribution in [3.63, 3.8) is 0 Å². The van der Waals surface area contributed by atoms with Gasteiger partial charge in [0.2, 0.25) is 5.91 Å². The highest BCUT2D eigenvalue weighted by atomic mass is 35.5. The van der Waals surface area contributed by atoms with Crippen LogP contribution >= 0.6 is 11.6 Å². The minimum absolute atomic E-state index is 0.0431. The van der Waals surface area contributed by atoms with Crippen LogP contribution in [0.15, 0.2) is 61.2 Å². The van der Waals surface area contributed by atoms with Gasteiger partial charge in [0.1, 0.15) is 19.3 Å². The van der Waals surface area contributed by atoms with E-state index in [1.165, 1.54) is 6.33 Å². The number of amides is 1. The number of benzene rings is 2. The number of hydrogen-bond acceptors (Lipinski definition) is 4. The Hall–Kier alpha value is -2.70. The topological polar surface area (TPSA) is 69.0 Å². The first kappa shape index (κ1) is 17.1. The second kappa shape index (κ2) is 8.41. The van der Waals surface area contributed by atoms with Gasteiger partial charge in [0.15, 0.2) is 0 Å². The molecule has 1 aromatic heterocycles. The van der Waals surface area contributed by atoms with E-state index < -0.39 is 0 Å². The van der Waals surface area contributed by atoms with E-state index in [1.54, 1.807) is 17.1 Å². The van der Waals surface area contributed by atoms with Crippen molar-refractivity contribution >= 4 is 23.2 Å². The molecule has 0 aliphatic heterocycles. The van der Waals surface area contributed by atoms with Gasteiger partial charge in [-0.25, -0.2) is 9.67 Å². The Kier molecular flexibility index (Phi) is 5.77. The maximum absolute atomic E-state index is 12.0. The number of anilines is 1. The summed E-state index contributed by atoms with van der Waals surface area (Å²) in [5.41, 5.74) is 2.58. The predicted molar refractivity (Wildman–Crippen MR) is 95.3 cm³/mol. The Morgan fingerprint density at radius 2 is 2.08 bits per heavy atom. The van der Waals surface area contributed by atoms with Gasteiger partial charge in [-0.3, -0.25) is 4.79 Å². The van der Waals surface area contributed by atoms with Crippen LogP contribution in [0.5, 0.6) is 0 Å². The summed E-state index contributed by atoms with van der Waals surface area (Å²) < 4.78 is 7.15. The van der Waals surface area contributed by atoms with Gasteiger partial charge in [-0.15, -0.1) is 0 Å². The maximum Gasteiger partial charge on any atom is 0.250 e. The van der Waals surface area contributed by atoms with Crippen LogP contribution in [0, 0.1) is 0 Å². The fourth-order valence-corrected chi connectivity index (χ4v) is 2.51. The van der Waals surface area contributed by atoms with Gasteiger partial charge in [0.25, 0.3) is 0 Å². The summed E-state index contributed by atoms with van der Waals surface area (Å²) >= 11 is 6.05. The van der Waals surface area contributed by atoms with Crippen LogP contribution in [-0.2, 0) is 22.7 Å². The number of carbonyl (C=O) groups is 1. The maximum atomic E-state index is 12.0. The molecular weight excluding hydrogens is 340 g/mol. The quantitative estimate of drug-likeness (QED) is 0.706. The van der Waals surface area contributed by atoms with Crippen molar-refractivity contribution in [3.8, 4) is 0 Å². The second-order valence-electron chi connectivity index (χ2n) is 5.43. The van der Waals surface area contributed by atoms with E-state index in [1.807, 2.05) is 42.5 Å². The fourth-order valence-electron chi connectivity index (χ4n) is 2.32. The zero-order chi connectivity index (χ0) is 17.5. The Morgan fingerprint density at radius 1 is 1.20 bits per heavy atom. The molecule has 0 saturated carbocycles. The smallest absolute Gasteiger partial charge is 0.250 e. The lowest BCUT2D eigenvalue weighted by molar-refractivity contribution is -0.121. The average molecular weight is 357 g/mol. The zero-order valence-corrected chi connectivity index (χ0v) is 14.2. The summed E-state index contributed by atoms with van der Waals surface area (Å²) in [7, 11) is 0. The molecule has 25 heavy (non-hydrogen) atoms. The number of hydrogen-bond donors (Lipinski definition) is 1. The summed E-state index contributed by atoms with van der Waals surface area (Å²) in [4.78, 5) is 15.9. The highest BCUT2D eigenvalue weighted by molar-refractivity contribution is 6.31. The van der Waals surface area contributed by atoms with Crippen molar-refractivity contribution < 1.29 is 9.53 Å². The Bertz CT molecular complexity index is 837. The minimum Gasteiger partial charge on any atom is -0.367 e. The van der Waals surface area contributed by atoms with Crippen LogP contribution in [0.3, 0.4) is 0 Å². The highest BCUT2D eigenvalue weighted by Gasteiger charge is 2.05. The van der Waals surface area contributed by atoms with Crippen molar-refractivity contribution in [3.05, 3.63) is 77.3 Å². The van der Waals surface area contributed by atoms with Gasteiger partial charge in [-0.2, -0.15) is 5.10 Å². The number of halogens is 1. The SMILES string of the molecule is O=C(COCc1ccccc1Cl)Nc1cccc(Cn2cncn2)c1. The first-order chi connectivity index (χ1) is 12.2. The normalized spacial score (nSPS) is 10.6. The Balaban J connectivity index is 1.50. The van der Waals surface area contributed by atoms with Crippen LogP contribution in [0.25, 0.3) is 0 Å². The van der Waals surface area contributed by atoms with Gasteiger partial charge in [0, 0.05) is 10.7 Å². The third-order valence-corrected chi connectivity index (χ3v) is 3.84. The molecule has 6 nitrogen and oxygen atoms in total. The molecule has 7 heteroatoms. The van der Waals surface area contributed by atoms with Crippen LogP contribution < -0.4 is 5.32 Å². The van der Waals surface area contributed by atoms with Gasteiger partial charge in [-0.05, 0) is 29.3 Å². The lowest BCUT2D eigenvalue weighted by atomic mass is 10.2. The molecular formula is C18H17ClN4O2. The average Bonchev–Trinajstić information content (AvgIpc) is 3.10. The van der Waals surface area contributed by atoms with Crippen LogP contribution in [-0.4, -0.2) is 27.3 Å². The van der Waals surface area contributed by atoms with E-state index in [9.17, 15) is 4.79 Å². The molecule has 0 atom stereocenters. The number of rotatable bonds is 7. The number of aromatic nitrogens is 3. The van der Waals surface area contributed by atoms with Crippen molar-refractivity contribution in [1.29, 1.82) is 0 Å². The predicted octanol–water partition coefficient (Wildman–Crippen LogP) is 3.14. The van der Waals surface area contributed by atoms with Gasteiger partial charge < -0.3 is 10.1 Å². The molecule has 1 amide bonds. The lowest BCUT2D eigenvalue weighted by Crippen LogP contribution is -2.18. The van der Waals surface area contributed by atoms with E-state index in [0.29, 0.717) is 23.9 Å². The first-order valence-electron chi connectivity index (χ1n) is 7.73. The highest BCUT2D eigenvalue weighted by Crippen LogP contribution is 2.16. The summed E-state index contributed by atoms with van der Waals surface area (Å²) in [6, 6.07) is 15.0. The van der Waals surface area contributed by atoms with Crippen LogP contribution in [0.1, 0.15) is 11.1 Å². The van der Waals surface area contributed by atoms with E-state index >= 15 is 0 Å². The van der Waals surface area contributed by atoms with E-state index in [2.05, 4.69) is 15.4 Å². The molecule has 1 heterocycles. The molecule has 0 unspecified atom stereocenters. The molecule has 128 valence electrons. The number of ether oxygens (including phenoxy) is 1. The van der Waals surface area contributed by atoms with E-state index in [-0.39, 0.29) is 12.5 Å². The van der Waals surface area contributed by atoms with Gasteiger partial charge in [0.05, 0.1) is 13.2 Å². The molecule has 2 aromatic carbocycles.